The topological polar surface area (TPSA) is 101 Å². The number of carbonyl (C=O) groups excluding carboxylic acids is 2. The van der Waals surface area contributed by atoms with Crippen molar-refractivity contribution in [1.82, 2.24) is 19.2 Å². The predicted molar refractivity (Wildman–Crippen MR) is 173 cm³/mol. The second-order valence-electron chi connectivity index (χ2n) is 10.5. The molecule has 4 aromatic carbocycles. The van der Waals surface area contributed by atoms with E-state index in [1.54, 1.807) is 34.9 Å². The van der Waals surface area contributed by atoms with Gasteiger partial charge in [0.15, 0.2) is 0 Å². The molecule has 0 aliphatic rings. The van der Waals surface area contributed by atoms with Crippen LogP contribution in [0.25, 0.3) is 22.2 Å². The van der Waals surface area contributed by atoms with Crippen molar-refractivity contribution < 1.29 is 18.0 Å². The van der Waals surface area contributed by atoms with E-state index in [9.17, 15) is 18.0 Å². The van der Waals surface area contributed by atoms with Gasteiger partial charge >= 0.3 is 6.03 Å². The van der Waals surface area contributed by atoms with Crippen LogP contribution in [0.1, 0.15) is 47.9 Å². The van der Waals surface area contributed by atoms with E-state index in [4.69, 9.17) is 11.6 Å². The Bertz CT molecular complexity index is 1920. The normalized spacial score (nSPS) is 11.4. The molecule has 0 fully saturated rings. The second-order valence-corrected chi connectivity index (χ2v) is 12.6. The lowest BCUT2D eigenvalue weighted by Gasteiger charge is -2.24. The monoisotopic (exact) mass is 628 g/mol. The number of unbranched alkanes of at least 4 members (excludes halogenated alkanes) is 2. The van der Waals surface area contributed by atoms with E-state index in [2.05, 4.69) is 16.6 Å². The summed E-state index contributed by atoms with van der Waals surface area (Å²) in [5.41, 5.74) is 3.60. The Kier molecular flexibility index (Phi) is 9.46. The number of aryl methyl sites for hydroxylation is 1. The summed E-state index contributed by atoms with van der Waals surface area (Å²) in [4.78, 5) is 33.0. The maximum absolute atomic E-state index is 13.8. The minimum absolute atomic E-state index is 0.0352. The number of sulfonamides is 1. The third-order valence-electron chi connectivity index (χ3n) is 7.38. The molecule has 226 valence electrons. The molecule has 44 heavy (non-hydrogen) atoms. The summed E-state index contributed by atoms with van der Waals surface area (Å²) in [5.74, 6) is -0.180. The lowest BCUT2D eigenvalue weighted by Crippen LogP contribution is -2.35. The van der Waals surface area contributed by atoms with Gasteiger partial charge in [-0.3, -0.25) is 4.79 Å². The number of nitrogens with zero attached hydrogens (tertiary/aromatic N) is 3. The third-order valence-corrected chi connectivity index (χ3v) is 9.10. The third kappa shape index (κ3) is 6.69. The second kappa shape index (κ2) is 13.4. The Morgan fingerprint density at radius 2 is 1.57 bits per heavy atom. The van der Waals surface area contributed by atoms with Crippen molar-refractivity contribution in [3.8, 4) is 11.1 Å². The summed E-state index contributed by atoms with van der Waals surface area (Å²) in [6.45, 7) is 4.92. The van der Waals surface area contributed by atoms with Crippen molar-refractivity contribution in [3.05, 3.63) is 119 Å². The number of amides is 2. The predicted octanol–water partition coefficient (Wildman–Crippen LogP) is 7.44. The Balaban J connectivity index is 1.39. The van der Waals surface area contributed by atoms with Gasteiger partial charge in [-0.2, -0.15) is 0 Å². The number of aromatic nitrogens is 2. The summed E-state index contributed by atoms with van der Waals surface area (Å²) >= 11 is 6.10. The van der Waals surface area contributed by atoms with Crippen molar-refractivity contribution in [3.63, 3.8) is 0 Å². The first kappa shape index (κ1) is 31.0. The highest BCUT2D eigenvalue weighted by atomic mass is 35.5. The SMILES string of the molecule is CCCCCN(Cc1ccc(-c2ccccc2S(=O)(=O)NC(=O)c2ccccc2Cl)cc1)C(=O)n1c(C)nc2ccccc21. The molecule has 0 aliphatic carbocycles. The first-order valence-corrected chi connectivity index (χ1v) is 16.3. The Hall–Kier alpha value is -4.47. The lowest BCUT2D eigenvalue weighted by molar-refractivity contribution is 0.0981. The molecule has 0 saturated heterocycles. The van der Waals surface area contributed by atoms with Crippen LogP contribution in [-0.2, 0) is 16.6 Å². The van der Waals surface area contributed by atoms with Crippen LogP contribution in [0.5, 0.6) is 0 Å². The summed E-state index contributed by atoms with van der Waals surface area (Å²) in [7, 11) is -4.22. The van der Waals surface area contributed by atoms with Gasteiger partial charge < -0.3 is 4.90 Å². The summed E-state index contributed by atoms with van der Waals surface area (Å²) in [6, 6.07) is 27.6. The Labute approximate surface area is 262 Å². The van der Waals surface area contributed by atoms with E-state index >= 15 is 0 Å². The van der Waals surface area contributed by atoms with Crippen molar-refractivity contribution >= 4 is 44.6 Å². The van der Waals surface area contributed by atoms with E-state index in [0.717, 1.165) is 35.9 Å². The maximum atomic E-state index is 13.8. The fourth-order valence-corrected chi connectivity index (χ4v) is 6.57. The van der Waals surface area contributed by atoms with E-state index in [-0.39, 0.29) is 21.5 Å². The molecule has 5 aromatic rings. The van der Waals surface area contributed by atoms with Crippen molar-refractivity contribution in [1.29, 1.82) is 0 Å². The van der Waals surface area contributed by atoms with Crippen LogP contribution in [0.4, 0.5) is 4.79 Å². The van der Waals surface area contributed by atoms with Crippen molar-refractivity contribution in [2.24, 2.45) is 0 Å². The fourth-order valence-electron chi connectivity index (χ4n) is 5.15. The molecule has 0 saturated carbocycles. The largest absolute Gasteiger partial charge is 0.330 e. The molecule has 1 heterocycles. The molecule has 0 atom stereocenters. The van der Waals surface area contributed by atoms with Crippen LogP contribution in [0, 0.1) is 6.92 Å². The molecular formula is C34H33ClN4O4S. The highest BCUT2D eigenvalue weighted by Crippen LogP contribution is 2.28. The Morgan fingerprint density at radius 3 is 2.32 bits per heavy atom. The molecule has 5 rings (SSSR count). The van der Waals surface area contributed by atoms with Gasteiger partial charge in [0, 0.05) is 18.7 Å². The fraction of sp³-hybridized carbons (Fsp3) is 0.206. The molecule has 8 nitrogen and oxygen atoms in total. The summed E-state index contributed by atoms with van der Waals surface area (Å²) in [5, 5.41) is 0.155. The first-order chi connectivity index (χ1) is 21.2. The summed E-state index contributed by atoms with van der Waals surface area (Å²) in [6.07, 6.45) is 2.91. The Morgan fingerprint density at radius 1 is 0.886 bits per heavy atom. The van der Waals surface area contributed by atoms with E-state index in [0.29, 0.717) is 30.0 Å². The minimum atomic E-state index is -4.22. The van der Waals surface area contributed by atoms with Gasteiger partial charge in [0.25, 0.3) is 15.9 Å². The standard InChI is InChI=1S/C34H33ClN4O4S/c1-3-4-11-22-38(34(41)39-24(2)36-30-15-8-9-16-31(30)39)23-25-18-20-26(21-19-25)27-12-6-10-17-32(27)44(42,43)37-33(40)28-13-5-7-14-29(28)35/h5-10,12-21H,3-4,11,22-23H2,1-2H3,(H,37,40). The molecule has 0 spiro atoms. The van der Waals surface area contributed by atoms with Gasteiger partial charge in [0.2, 0.25) is 0 Å². The number of fused-ring (bicyclic) bond motifs is 1. The molecular weight excluding hydrogens is 596 g/mol. The molecule has 1 aromatic heterocycles. The van der Waals surface area contributed by atoms with E-state index < -0.39 is 15.9 Å². The van der Waals surface area contributed by atoms with Crippen LogP contribution in [0.3, 0.4) is 0 Å². The van der Waals surface area contributed by atoms with Crippen LogP contribution < -0.4 is 4.72 Å². The molecule has 0 bridgehead atoms. The number of carbonyl (C=O) groups is 2. The molecule has 1 N–H and O–H groups in total. The van der Waals surface area contributed by atoms with Gasteiger partial charge in [-0.15, -0.1) is 0 Å². The zero-order chi connectivity index (χ0) is 31.3. The van der Waals surface area contributed by atoms with Crippen LogP contribution in [-0.4, -0.2) is 41.4 Å². The minimum Gasteiger partial charge on any atom is -0.320 e. The van der Waals surface area contributed by atoms with Crippen LogP contribution in [0.15, 0.2) is 102 Å². The number of nitrogens with one attached hydrogen (secondary N) is 1. The molecule has 0 unspecified atom stereocenters. The first-order valence-electron chi connectivity index (χ1n) is 14.4. The van der Waals surface area contributed by atoms with Gasteiger partial charge in [-0.25, -0.2) is 27.5 Å². The number of benzene rings is 4. The summed E-state index contributed by atoms with van der Waals surface area (Å²) < 4.78 is 30.5. The molecule has 2 amide bonds. The number of rotatable bonds is 10. The highest BCUT2D eigenvalue weighted by Gasteiger charge is 2.24. The molecule has 0 radical (unpaired) electrons. The van der Waals surface area contributed by atoms with Gasteiger partial charge in [-0.05, 0) is 54.8 Å². The zero-order valence-corrected chi connectivity index (χ0v) is 26.1. The van der Waals surface area contributed by atoms with Gasteiger partial charge in [-0.1, -0.05) is 98.1 Å². The molecule has 10 heteroatoms. The van der Waals surface area contributed by atoms with Gasteiger partial charge in [0.05, 0.1) is 26.5 Å². The smallest absolute Gasteiger partial charge is 0.320 e. The number of para-hydroxylation sites is 2. The lowest BCUT2D eigenvalue weighted by atomic mass is 10.0. The molecule has 0 aliphatic heterocycles. The zero-order valence-electron chi connectivity index (χ0n) is 24.5. The quantitative estimate of drug-likeness (QED) is 0.162. The van der Waals surface area contributed by atoms with Gasteiger partial charge in [0.1, 0.15) is 5.82 Å². The van der Waals surface area contributed by atoms with Crippen molar-refractivity contribution in [2.45, 2.75) is 44.6 Å². The number of hydrogen-bond acceptors (Lipinski definition) is 5. The number of imidazole rings is 1. The number of hydrogen-bond donors (Lipinski definition) is 1. The van der Waals surface area contributed by atoms with Crippen LogP contribution in [0.2, 0.25) is 5.02 Å². The van der Waals surface area contributed by atoms with Crippen LogP contribution >= 0.6 is 11.6 Å². The maximum Gasteiger partial charge on any atom is 0.330 e. The number of halogens is 1. The van der Waals surface area contributed by atoms with E-state index in [1.165, 1.54) is 18.2 Å². The average molecular weight is 629 g/mol. The highest BCUT2D eigenvalue weighted by molar-refractivity contribution is 7.90. The average Bonchev–Trinajstić information content (AvgIpc) is 3.36. The van der Waals surface area contributed by atoms with E-state index in [1.807, 2.05) is 60.4 Å². The van der Waals surface area contributed by atoms with Crippen molar-refractivity contribution in [2.75, 3.05) is 6.54 Å².